The summed E-state index contributed by atoms with van der Waals surface area (Å²) in [5.74, 6) is -2.07. The van der Waals surface area contributed by atoms with Crippen LogP contribution < -0.4 is 21.3 Å². The van der Waals surface area contributed by atoms with Crippen molar-refractivity contribution in [3.05, 3.63) is 23.5 Å². The maximum atomic E-state index is 13.9. The molecule has 2 heterocycles. The third-order valence-electron chi connectivity index (χ3n) is 5.18. The van der Waals surface area contributed by atoms with E-state index in [0.29, 0.717) is 6.54 Å². The van der Waals surface area contributed by atoms with Crippen molar-refractivity contribution < 1.29 is 22.4 Å². The molecule has 13 heteroatoms. The molecule has 4 atom stereocenters. The molecule has 3 rings (SSSR count). The minimum absolute atomic E-state index is 0.125. The molecule has 2 aliphatic heterocycles. The summed E-state index contributed by atoms with van der Waals surface area (Å²) in [6.07, 6.45) is -0.379. The van der Waals surface area contributed by atoms with Crippen LogP contribution >= 0.6 is 0 Å². The Bertz CT molecular complexity index is 1110. The zero-order chi connectivity index (χ0) is 22.9. The number of halogens is 1. The molecule has 1 saturated heterocycles. The molecule has 0 radical (unpaired) electrons. The fourth-order valence-corrected chi connectivity index (χ4v) is 5.03. The van der Waals surface area contributed by atoms with Gasteiger partial charge in [0, 0.05) is 12.6 Å². The zero-order valence-corrected chi connectivity index (χ0v) is 17.5. The second kappa shape index (κ2) is 8.47. The predicted molar refractivity (Wildman–Crippen MR) is 105 cm³/mol. The highest BCUT2D eigenvalue weighted by Gasteiger charge is 2.41. The zero-order valence-electron chi connectivity index (χ0n) is 16.6. The Morgan fingerprint density at radius 3 is 2.74 bits per heavy atom. The van der Waals surface area contributed by atoms with Gasteiger partial charge in [-0.05, 0) is 26.0 Å². The van der Waals surface area contributed by atoms with Crippen LogP contribution in [0.15, 0.2) is 17.0 Å². The molecule has 1 aromatic rings. The first-order valence-electron chi connectivity index (χ1n) is 9.35. The Morgan fingerprint density at radius 1 is 1.42 bits per heavy atom. The number of nitrogens with one attached hydrogen (secondary N) is 4. The first-order valence-corrected chi connectivity index (χ1v) is 10.8. The lowest BCUT2D eigenvalue weighted by Crippen LogP contribution is -2.64. The highest BCUT2D eigenvalue weighted by Crippen LogP contribution is 2.33. The summed E-state index contributed by atoms with van der Waals surface area (Å²) in [6.45, 7) is 3.07. The van der Waals surface area contributed by atoms with Gasteiger partial charge >= 0.3 is 6.03 Å². The summed E-state index contributed by atoms with van der Waals surface area (Å²) in [5.41, 5.74) is -0.975. The fraction of sp³-hybridized carbons (Fsp3) is 0.444. The predicted octanol–water partition coefficient (Wildman–Crippen LogP) is -0.215. The van der Waals surface area contributed by atoms with Crippen molar-refractivity contribution in [2.24, 2.45) is 5.92 Å². The van der Waals surface area contributed by atoms with Crippen LogP contribution in [0.1, 0.15) is 19.4 Å². The summed E-state index contributed by atoms with van der Waals surface area (Å²) < 4.78 is 40.0. The summed E-state index contributed by atoms with van der Waals surface area (Å²) >= 11 is 0. The summed E-state index contributed by atoms with van der Waals surface area (Å²) in [7, 11) is -4.64. The van der Waals surface area contributed by atoms with Gasteiger partial charge in [0.05, 0.1) is 29.9 Å². The number of nitriles is 2. The van der Waals surface area contributed by atoms with Crippen LogP contribution in [0.25, 0.3) is 0 Å². The van der Waals surface area contributed by atoms with Crippen molar-refractivity contribution in [1.29, 1.82) is 10.5 Å². The van der Waals surface area contributed by atoms with Gasteiger partial charge in [0.25, 0.3) is 10.0 Å². The summed E-state index contributed by atoms with van der Waals surface area (Å²) in [4.78, 5) is 24.1. The van der Waals surface area contributed by atoms with Gasteiger partial charge in [-0.1, -0.05) is 0 Å². The number of rotatable bonds is 4. The Kier molecular flexibility index (Phi) is 6.13. The molecule has 0 saturated carbocycles. The molecule has 1 fully saturated rings. The van der Waals surface area contributed by atoms with Crippen LogP contribution in [-0.4, -0.2) is 56.0 Å². The van der Waals surface area contributed by atoms with E-state index < -0.39 is 50.8 Å². The third-order valence-corrected chi connectivity index (χ3v) is 7.00. The maximum Gasteiger partial charge on any atom is 0.336 e. The highest BCUT2D eigenvalue weighted by molar-refractivity contribution is 7.90. The quantitative estimate of drug-likeness (QED) is 0.489. The topological polar surface area (TPSA) is 167 Å². The number of urea groups is 1. The number of carbonyl (C=O) groups is 2. The molecule has 1 aromatic carbocycles. The van der Waals surface area contributed by atoms with Gasteiger partial charge in [-0.25, -0.2) is 21.9 Å². The van der Waals surface area contributed by atoms with E-state index in [1.54, 1.807) is 6.92 Å². The lowest BCUT2D eigenvalue weighted by atomic mass is 9.98. The second-order valence-electron chi connectivity index (χ2n) is 7.29. The normalized spacial score (nSPS) is 25.4. The van der Waals surface area contributed by atoms with Gasteiger partial charge < -0.3 is 10.6 Å². The van der Waals surface area contributed by atoms with Gasteiger partial charge in [0.1, 0.15) is 28.9 Å². The molecule has 0 bridgehead atoms. The molecule has 11 nitrogen and oxygen atoms in total. The molecule has 164 valence electrons. The third kappa shape index (κ3) is 4.16. The summed E-state index contributed by atoms with van der Waals surface area (Å²) in [5, 5.41) is 29.3. The molecular formula is C18H20FN7O4S. The van der Waals surface area contributed by atoms with E-state index in [-0.39, 0.29) is 28.1 Å². The van der Waals surface area contributed by atoms with Crippen molar-refractivity contribution >= 4 is 27.6 Å². The van der Waals surface area contributed by atoms with Crippen molar-refractivity contribution in [3.63, 3.8) is 0 Å². The lowest BCUT2D eigenvalue weighted by molar-refractivity contribution is -0.121. The van der Waals surface area contributed by atoms with E-state index >= 15 is 0 Å². The number of carbonyl (C=O) groups excluding carboxylic acids is 2. The molecule has 0 aliphatic carbocycles. The second-order valence-corrected chi connectivity index (χ2v) is 9.08. The van der Waals surface area contributed by atoms with Crippen LogP contribution in [0, 0.1) is 34.4 Å². The number of benzene rings is 1. The standard InChI is InChI=1S/C18H20FN7O4S/c1-9-11(5-20)7-22-17(24-9)10(2)23-15(27)8-26-18(28)25-14-4-3-13(19)12(6-21)16(14)31(26,29)30/h3-4,9-11,17,22,24H,7-8H2,1-2H3,(H,23,27)(H,25,28)/t9?,10-,11?,17?/m1/s1. The van der Waals surface area contributed by atoms with Gasteiger partial charge in [0.2, 0.25) is 5.91 Å². The summed E-state index contributed by atoms with van der Waals surface area (Å²) in [6, 6.07) is 3.83. The minimum Gasteiger partial charge on any atom is -0.349 e. The fourth-order valence-electron chi connectivity index (χ4n) is 3.46. The average molecular weight is 449 g/mol. The van der Waals surface area contributed by atoms with Gasteiger partial charge in [0.15, 0.2) is 0 Å². The number of fused-ring (bicyclic) bond motifs is 1. The van der Waals surface area contributed by atoms with Gasteiger partial charge in [-0.2, -0.15) is 10.5 Å². The Morgan fingerprint density at radius 2 is 2.13 bits per heavy atom. The van der Waals surface area contributed by atoms with Crippen molar-refractivity contribution in [1.82, 2.24) is 20.3 Å². The highest BCUT2D eigenvalue weighted by atomic mass is 32.2. The van der Waals surface area contributed by atoms with Gasteiger partial charge in [-0.3, -0.25) is 15.4 Å². The van der Waals surface area contributed by atoms with E-state index in [2.05, 4.69) is 27.3 Å². The van der Waals surface area contributed by atoms with E-state index in [1.165, 1.54) is 6.07 Å². The van der Waals surface area contributed by atoms with E-state index in [9.17, 15) is 22.4 Å². The van der Waals surface area contributed by atoms with E-state index in [0.717, 1.165) is 12.1 Å². The number of nitrogens with zero attached hydrogens (tertiary/aromatic N) is 3. The van der Waals surface area contributed by atoms with Crippen LogP contribution in [0.4, 0.5) is 14.9 Å². The molecule has 3 unspecified atom stereocenters. The van der Waals surface area contributed by atoms with Crippen LogP contribution in [-0.2, 0) is 14.8 Å². The number of sulfonamides is 1. The number of amides is 3. The molecule has 4 N–H and O–H groups in total. The van der Waals surface area contributed by atoms with Crippen molar-refractivity contribution in [2.75, 3.05) is 18.4 Å². The largest absolute Gasteiger partial charge is 0.349 e. The molecule has 3 amide bonds. The van der Waals surface area contributed by atoms with Crippen LogP contribution in [0.3, 0.4) is 0 Å². The molecule has 31 heavy (non-hydrogen) atoms. The van der Waals surface area contributed by atoms with Gasteiger partial charge in [-0.15, -0.1) is 0 Å². The monoisotopic (exact) mass is 449 g/mol. The smallest absolute Gasteiger partial charge is 0.336 e. The van der Waals surface area contributed by atoms with Crippen molar-refractivity contribution in [2.45, 2.75) is 37.0 Å². The SMILES string of the molecule is CC1NC([C@@H](C)NC(=O)CN2C(=O)Nc3ccc(F)c(C#N)c3S2(=O)=O)NCC1C#N. The molecule has 2 aliphatic rings. The number of hydrogen-bond acceptors (Lipinski definition) is 8. The maximum absolute atomic E-state index is 13.9. The van der Waals surface area contributed by atoms with E-state index in [4.69, 9.17) is 10.5 Å². The van der Waals surface area contributed by atoms with Crippen LogP contribution in [0.5, 0.6) is 0 Å². The van der Waals surface area contributed by atoms with E-state index in [1.807, 2.05) is 6.92 Å². The Balaban J connectivity index is 1.75. The first-order chi connectivity index (χ1) is 14.6. The minimum atomic E-state index is -4.64. The molecule has 0 spiro atoms. The first kappa shape index (κ1) is 22.4. The molecule has 0 aromatic heterocycles. The number of anilines is 1. The lowest BCUT2D eigenvalue weighted by Gasteiger charge is -2.37. The average Bonchev–Trinajstić information content (AvgIpc) is 2.71. The number of hydrogen-bond donors (Lipinski definition) is 4. The van der Waals surface area contributed by atoms with Crippen molar-refractivity contribution in [3.8, 4) is 12.1 Å². The van der Waals surface area contributed by atoms with Crippen LogP contribution in [0.2, 0.25) is 0 Å². The Labute approximate surface area is 178 Å². The Hall–Kier alpha value is -3.26. The molecular weight excluding hydrogens is 429 g/mol.